The van der Waals surface area contributed by atoms with E-state index in [0.29, 0.717) is 31.3 Å². The summed E-state index contributed by atoms with van der Waals surface area (Å²) in [4.78, 5) is 17.9. The van der Waals surface area contributed by atoms with E-state index in [1.807, 2.05) is 19.1 Å². The number of amides is 2. The molecule has 2 aromatic rings. The first-order chi connectivity index (χ1) is 10.6. The normalized spacial score (nSPS) is 14.1. The summed E-state index contributed by atoms with van der Waals surface area (Å²) in [5.41, 5.74) is 0. The van der Waals surface area contributed by atoms with Gasteiger partial charge in [0.15, 0.2) is 5.82 Å². The highest BCUT2D eigenvalue weighted by atomic mass is 16.5. The first-order valence-electron chi connectivity index (χ1n) is 7.48. The quantitative estimate of drug-likeness (QED) is 0.884. The fraction of sp³-hybridized carbons (Fsp3) is 0.533. The Bertz CT molecular complexity index is 645. The van der Waals surface area contributed by atoms with Crippen molar-refractivity contribution < 1.29 is 13.7 Å². The number of nitrogens with one attached hydrogen (secondary N) is 1. The molecule has 2 heterocycles. The Morgan fingerprint density at radius 1 is 1.45 bits per heavy atom. The standard InChI is InChI=1S/C15H20N4O3/c1-10-3-6-12(21-10)9-19(2)15(20)16-8-7-13-17-14(18-22-13)11-4-5-11/h3,6,11H,4-5,7-9H2,1-2H3,(H,16,20). The molecule has 1 N–H and O–H groups in total. The van der Waals surface area contributed by atoms with Crippen molar-refractivity contribution in [2.75, 3.05) is 13.6 Å². The van der Waals surface area contributed by atoms with Crippen LogP contribution >= 0.6 is 0 Å². The Balaban J connectivity index is 1.41. The maximum atomic E-state index is 12.0. The van der Waals surface area contributed by atoms with Crippen LogP contribution in [0.4, 0.5) is 4.79 Å². The lowest BCUT2D eigenvalue weighted by molar-refractivity contribution is 0.202. The molecule has 2 amide bonds. The van der Waals surface area contributed by atoms with Crippen molar-refractivity contribution in [3.63, 3.8) is 0 Å². The number of furan rings is 1. The molecule has 0 aromatic carbocycles. The molecule has 1 aliphatic rings. The van der Waals surface area contributed by atoms with E-state index in [0.717, 1.165) is 30.2 Å². The lowest BCUT2D eigenvalue weighted by Gasteiger charge is -2.16. The van der Waals surface area contributed by atoms with Crippen molar-refractivity contribution >= 4 is 6.03 Å². The topological polar surface area (TPSA) is 84.4 Å². The summed E-state index contributed by atoms with van der Waals surface area (Å²) in [6.45, 7) is 2.78. The summed E-state index contributed by atoms with van der Waals surface area (Å²) in [5, 5.41) is 6.78. The molecule has 0 bridgehead atoms. The van der Waals surface area contributed by atoms with Crippen molar-refractivity contribution in [1.82, 2.24) is 20.4 Å². The van der Waals surface area contributed by atoms with Crippen LogP contribution in [0.3, 0.4) is 0 Å². The third kappa shape index (κ3) is 3.66. The average molecular weight is 304 g/mol. The van der Waals surface area contributed by atoms with Gasteiger partial charge in [-0.05, 0) is 31.9 Å². The van der Waals surface area contributed by atoms with Gasteiger partial charge < -0.3 is 19.2 Å². The zero-order valence-corrected chi connectivity index (χ0v) is 12.8. The van der Waals surface area contributed by atoms with E-state index in [4.69, 9.17) is 8.94 Å². The zero-order chi connectivity index (χ0) is 15.5. The smallest absolute Gasteiger partial charge is 0.317 e. The minimum Gasteiger partial charge on any atom is -0.464 e. The molecule has 22 heavy (non-hydrogen) atoms. The highest BCUT2D eigenvalue weighted by Gasteiger charge is 2.28. The molecule has 0 aliphatic heterocycles. The maximum Gasteiger partial charge on any atom is 0.317 e. The van der Waals surface area contributed by atoms with Crippen molar-refractivity contribution in [1.29, 1.82) is 0 Å². The second kappa shape index (κ2) is 6.21. The van der Waals surface area contributed by atoms with Crippen LogP contribution < -0.4 is 5.32 Å². The summed E-state index contributed by atoms with van der Waals surface area (Å²) < 4.78 is 10.6. The Hall–Kier alpha value is -2.31. The van der Waals surface area contributed by atoms with Gasteiger partial charge in [-0.2, -0.15) is 4.98 Å². The van der Waals surface area contributed by atoms with Gasteiger partial charge in [-0.1, -0.05) is 5.16 Å². The highest BCUT2D eigenvalue weighted by Crippen LogP contribution is 2.38. The molecular weight excluding hydrogens is 284 g/mol. The minimum absolute atomic E-state index is 0.156. The summed E-state index contributed by atoms with van der Waals surface area (Å²) in [5.74, 6) is 3.46. The van der Waals surface area contributed by atoms with Crippen LogP contribution in [0, 0.1) is 6.92 Å². The van der Waals surface area contributed by atoms with E-state index in [-0.39, 0.29) is 6.03 Å². The third-order valence-corrected chi connectivity index (χ3v) is 3.58. The van der Waals surface area contributed by atoms with E-state index < -0.39 is 0 Å². The summed E-state index contributed by atoms with van der Waals surface area (Å²) in [6, 6.07) is 3.60. The van der Waals surface area contributed by atoms with Gasteiger partial charge in [0.2, 0.25) is 5.89 Å². The van der Waals surface area contributed by atoms with Crippen LogP contribution in [0.2, 0.25) is 0 Å². The number of hydrogen-bond donors (Lipinski definition) is 1. The predicted molar refractivity (Wildman–Crippen MR) is 78.3 cm³/mol. The van der Waals surface area contributed by atoms with Crippen molar-refractivity contribution in [3.8, 4) is 0 Å². The van der Waals surface area contributed by atoms with Crippen LogP contribution in [-0.2, 0) is 13.0 Å². The van der Waals surface area contributed by atoms with Gasteiger partial charge in [0.1, 0.15) is 11.5 Å². The van der Waals surface area contributed by atoms with Gasteiger partial charge in [-0.3, -0.25) is 0 Å². The van der Waals surface area contributed by atoms with Gasteiger partial charge in [0.05, 0.1) is 6.54 Å². The predicted octanol–water partition coefficient (Wildman–Crippen LogP) is 2.23. The average Bonchev–Trinajstić information content (AvgIpc) is 3.10. The summed E-state index contributed by atoms with van der Waals surface area (Å²) in [6.07, 6.45) is 2.83. The van der Waals surface area contributed by atoms with E-state index in [9.17, 15) is 4.79 Å². The van der Waals surface area contributed by atoms with Crippen molar-refractivity contribution in [3.05, 3.63) is 35.4 Å². The molecule has 0 saturated heterocycles. The maximum absolute atomic E-state index is 12.0. The molecule has 0 atom stereocenters. The molecule has 1 saturated carbocycles. The molecule has 7 nitrogen and oxygen atoms in total. The number of carbonyl (C=O) groups excluding carboxylic acids is 1. The number of carbonyl (C=O) groups is 1. The first kappa shape index (κ1) is 14.6. The lowest BCUT2D eigenvalue weighted by atomic mass is 10.4. The Kier molecular flexibility index (Phi) is 4.13. The summed E-state index contributed by atoms with van der Waals surface area (Å²) in [7, 11) is 1.73. The SMILES string of the molecule is Cc1ccc(CN(C)C(=O)NCCc2nc(C3CC3)no2)o1. The highest BCUT2D eigenvalue weighted by molar-refractivity contribution is 5.73. The number of hydrogen-bond acceptors (Lipinski definition) is 5. The largest absolute Gasteiger partial charge is 0.464 e. The molecule has 0 spiro atoms. The third-order valence-electron chi connectivity index (χ3n) is 3.58. The van der Waals surface area contributed by atoms with Gasteiger partial charge in [-0.25, -0.2) is 4.79 Å². The molecule has 0 unspecified atom stereocenters. The second-order valence-corrected chi connectivity index (χ2v) is 5.67. The van der Waals surface area contributed by atoms with Crippen LogP contribution in [0.1, 0.15) is 42.0 Å². The number of aryl methyl sites for hydroxylation is 1. The van der Waals surface area contributed by atoms with Gasteiger partial charge in [0, 0.05) is 25.9 Å². The zero-order valence-electron chi connectivity index (χ0n) is 12.8. The number of rotatable bonds is 6. The van der Waals surface area contributed by atoms with Crippen LogP contribution in [-0.4, -0.2) is 34.7 Å². The second-order valence-electron chi connectivity index (χ2n) is 5.67. The Morgan fingerprint density at radius 3 is 2.95 bits per heavy atom. The molecule has 7 heteroatoms. The molecule has 118 valence electrons. The van der Waals surface area contributed by atoms with Gasteiger partial charge in [-0.15, -0.1) is 0 Å². The number of nitrogens with zero attached hydrogens (tertiary/aromatic N) is 3. The van der Waals surface area contributed by atoms with E-state index in [1.165, 1.54) is 0 Å². The van der Waals surface area contributed by atoms with E-state index >= 15 is 0 Å². The summed E-state index contributed by atoms with van der Waals surface area (Å²) >= 11 is 0. The van der Waals surface area contributed by atoms with Crippen LogP contribution in [0.15, 0.2) is 21.1 Å². The van der Waals surface area contributed by atoms with E-state index in [1.54, 1.807) is 11.9 Å². The van der Waals surface area contributed by atoms with Gasteiger partial charge >= 0.3 is 6.03 Å². The van der Waals surface area contributed by atoms with Crippen LogP contribution in [0.25, 0.3) is 0 Å². The van der Waals surface area contributed by atoms with Gasteiger partial charge in [0.25, 0.3) is 0 Å². The molecule has 3 rings (SSSR count). The fourth-order valence-electron chi connectivity index (χ4n) is 2.16. The first-order valence-corrected chi connectivity index (χ1v) is 7.48. The van der Waals surface area contributed by atoms with Crippen molar-refractivity contribution in [2.45, 2.75) is 38.6 Å². The number of urea groups is 1. The molecular formula is C15H20N4O3. The fourth-order valence-corrected chi connectivity index (χ4v) is 2.16. The van der Waals surface area contributed by atoms with E-state index in [2.05, 4.69) is 15.5 Å². The monoisotopic (exact) mass is 304 g/mol. The Morgan fingerprint density at radius 2 is 2.27 bits per heavy atom. The van der Waals surface area contributed by atoms with Crippen LogP contribution in [0.5, 0.6) is 0 Å². The lowest BCUT2D eigenvalue weighted by Crippen LogP contribution is -2.37. The minimum atomic E-state index is -0.156. The molecule has 1 aliphatic carbocycles. The molecule has 0 radical (unpaired) electrons. The molecule has 2 aromatic heterocycles. The van der Waals surface area contributed by atoms with Crippen molar-refractivity contribution in [2.24, 2.45) is 0 Å². The Labute approximate surface area is 128 Å². The number of aromatic nitrogens is 2. The molecule has 1 fully saturated rings.